The zero-order valence-electron chi connectivity index (χ0n) is 7.91. The summed E-state index contributed by atoms with van der Waals surface area (Å²) >= 11 is 4.78. The Morgan fingerprint density at radius 1 is 1.79 bits per heavy atom. The summed E-state index contributed by atoms with van der Waals surface area (Å²) in [6.45, 7) is 4.11. The molecule has 0 radical (unpaired) electrons. The number of carbonyl (C=O) groups is 1. The summed E-state index contributed by atoms with van der Waals surface area (Å²) in [6, 6.07) is 1.80. The fraction of sp³-hybridized carbons (Fsp3) is 0.444. The summed E-state index contributed by atoms with van der Waals surface area (Å²) in [5.41, 5.74) is 0. The summed E-state index contributed by atoms with van der Waals surface area (Å²) in [7, 11) is 0. The first-order valence-electron chi connectivity index (χ1n) is 4.16. The van der Waals surface area contributed by atoms with Gasteiger partial charge in [-0.05, 0) is 35.8 Å². The van der Waals surface area contributed by atoms with Crippen molar-refractivity contribution in [3.63, 3.8) is 0 Å². The van der Waals surface area contributed by atoms with Gasteiger partial charge in [-0.2, -0.15) is 0 Å². The van der Waals surface area contributed by atoms with Crippen molar-refractivity contribution >= 4 is 33.2 Å². The molecule has 0 aliphatic heterocycles. The van der Waals surface area contributed by atoms with E-state index >= 15 is 0 Å². The Hall–Kier alpha value is -0.390. The number of carboxylic acids is 1. The van der Waals surface area contributed by atoms with Gasteiger partial charge in [-0.25, -0.2) is 4.79 Å². The van der Waals surface area contributed by atoms with Gasteiger partial charge in [0.25, 0.3) is 0 Å². The highest BCUT2D eigenvalue weighted by Gasteiger charge is 2.22. The van der Waals surface area contributed by atoms with Crippen molar-refractivity contribution in [2.45, 2.75) is 20.0 Å². The lowest BCUT2D eigenvalue weighted by atomic mass is 10.3. The summed E-state index contributed by atoms with van der Waals surface area (Å²) in [5.74, 6) is -0.944. The highest BCUT2D eigenvalue weighted by molar-refractivity contribution is 9.10. The van der Waals surface area contributed by atoms with Gasteiger partial charge in [0.2, 0.25) is 0 Å². The molecule has 78 valence electrons. The second-order valence-electron chi connectivity index (χ2n) is 2.73. The van der Waals surface area contributed by atoms with Crippen LogP contribution < -0.4 is 0 Å². The van der Waals surface area contributed by atoms with E-state index in [1.54, 1.807) is 13.0 Å². The topological polar surface area (TPSA) is 46.5 Å². The van der Waals surface area contributed by atoms with E-state index < -0.39 is 12.1 Å². The van der Waals surface area contributed by atoms with Gasteiger partial charge < -0.3 is 9.84 Å². The molecule has 0 amide bonds. The monoisotopic (exact) mass is 278 g/mol. The first kappa shape index (κ1) is 11.7. The molecule has 14 heavy (non-hydrogen) atoms. The number of rotatable bonds is 4. The molecular weight excluding hydrogens is 268 g/mol. The Morgan fingerprint density at radius 3 is 2.79 bits per heavy atom. The number of thiophene rings is 1. The lowest BCUT2D eigenvalue weighted by Gasteiger charge is -2.09. The molecule has 1 unspecified atom stereocenters. The van der Waals surface area contributed by atoms with Crippen LogP contribution in [0.3, 0.4) is 0 Å². The van der Waals surface area contributed by atoms with E-state index in [1.807, 2.05) is 6.92 Å². The summed E-state index contributed by atoms with van der Waals surface area (Å²) in [4.78, 5) is 12.7. The van der Waals surface area contributed by atoms with E-state index in [2.05, 4.69) is 15.9 Å². The molecule has 1 aromatic rings. The van der Waals surface area contributed by atoms with Gasteiger partial charge in [0.15, 0.2) is 6.10 Å². The fourth-order valence-corrected chi connectivity index (χ4v) is 2.66. The number of aliphatic carboxylic acids is 1. The third-order valence-electron chi connectivity index (χ3n) is 1.69. The van der Waals surface area contributed by atoms with Crippen molar-refractivity contribution in [3.05, 3.63) is 20.3 Å². The van der Waals surface area contributed by atoms with E-state index in [9.17, 15) is 4.79 Å². The van der Waals surface area contributed by atoms with Crippen LogP contribution >= 0.6 is 27.3 Å². The minimum absolute atomic E-state index is 0.394. The van der Waals surface area contributed by atoms with Crippen LogP contribution in [0.25, 0.3) is 0 Å². The van der Waals surface area contributed by atoms with Gasteiger partial charge in [-0.3, -0.25) is 0 Å². The Bertz CT molecular complexity index is 315. The molecule has 1 rings (SSSR count). The lowest BCUT2D eigenvalue weighted by molar-refractivity contribution is -0.150. The highest BCUT2D eigenvalue weighted by Crippen LogP contribution is 2.32. The third-order valence-corrected chi connectivity index (χ3v) is 3.87. The van der Waals surface area contributed by atoms with E-state index in [0.717, 1.165) is 14.2 Å². The Balaban J connectivity index is 2.93. The van der Waals surface area contributed by atoms with Crippen LogP contribution in [0.5, 0.6) is 0 Å². The minimum Gasteiger partial charge on any atom is -0.479 e. The van der Waals surface area contributed by atoms with Gasteiger partial charge >= 0.3 is 5.97 Å². The van der Waals surface area contributed by atoms with Crippen LogP contribution in [0.4, 0.5) is 0 Å². The molecule has 5 heteroatoms. The molecule has 0 aliphatic rings. The van der Waals surface area contributed by atoms with Crippen molar-refractivity contribution < 1.29 is 14.6 Å². The highest BCUT2D eigenvalue weighted by atomic mass is 79.9. The molecule has 1 heterocycles. The first-order valence-corrected chi connectivity index (χ1v) is 5.77. The molecule has 0 fully saturated rings. The summed E-state index contributed by atoms with van der Waals surface area (Å²) in [6.07, 6.45) is -0.838. The molecule has 1 aromatic heterocycles. The smallest absolute Gasteiger partial charge is 0.338 e. The molecule has 3 nitrogen and oxygen atoms in total. The van der Waals surface area contributed by atoms with Gasteiger partial charge in [0.05, 0.1) is 0 Å². The van der Waals surface area contributed by atoms with Gasteiger partial charge in [0.1, 0.15) is 0 Å². The molecule has 1 N–H and O–H groups in total. The number of ether oxygens (including phenoxy) is 1. The number of aryl methyl sites for hydroxylation is 1. The number of hydrogen-bond acceptors (Lipinski definition) is 3. The number of hydrogen-bond donors (Lipinski definition) is 1. The van der Waals surface area contributed by atoms with Gasteiger partial charge in [-0.15, -0.1) is 11.3 Å². The standard InChI is InChI=1S/C9H11BrO3S/c1-3-13-8(9(11)12)7-4-6(10)5(2)14-7/h4,8H,3H2,1-2H3,(H,11,12). The van der Waals surface area contributed by atoms with Gasteiger partial charge in [0, 0.05) is 20.8 Å². The summed E-state index contributed by atoms with van der Waals surface area (Å²) < 4.78 is 6.08. The molecule has 0 spiro atoms. The van der Waals surface area contributed by atoms with Crippen LogP contribution in [0.15, 0.2) is 10.5 Å². The molecule has 0 saturated heterocycles. The van der Waals surface area contributed by atoms with Crippen LogP contribution in [0.2, 0.25) is 0 Å². The second-order valence-corrected chi connectivity index (χ2v) is 4.87. The average Bonchev–Trinajstić information content (AvgIpc) is 2.42. The van der Waals surface area contributed by atoms with Crippen molar-refractivity contribution in [2.24, 2.45) is 0 Å². The van der Waals surface area contributed by atoms with E-state index in [-0.39, 0.29) is 0 Å². The maximum absolute atomic E-state index is 10.9. The Kier molecular flexibility index (Phi) is 4.10. The Labute approximate surface area is 94.8 Å². The zero-order chi connectivity index (χ0) is 10.7. The second kappa shape index (κ2) is 4.91. The first-order chi connectivity index (χ1) is 6.56. The van der Waals surface area contributed by atoms with E-state index in [1.165, 1.54) is 11.3 Å². The van der Waals surface area contributed by atoms with Crippen molar-refractivity contribution in [1.82, 2.24) is 0 Å². The quantitative estimate of drug-likeness (QED) is 0.921. The van der Waals surface area contributed by atoms with Crippen LogP contribution in [0.1, 0.15) is 22.8 Å². The normalized spacial score (nSPS) is 12.8. The molecule has 0 aliphatic carbocycles. The van der Waals surface area contributed by atoms with Gasteiger partial charge in [-0.1, -0.05) is 0 Å². The van der Waals surface area contributed by atoms with Crippen LogP contribution in [-0.2, 0) is 9.53 Å². The molecule has 0 aromatic carbocycles. The molecule has 0 bridgehead atoms. The molecule has 0 saturated carbocycles. The van der Waals surface area contributed by atoms with E-state index in [0.29, 0.717) is 6.61 Å². The predicted molar refractivity (Wildman–Crippen MR) is 58.8 cm³/mol. The maximum Gasteiger partial charge on any atom is 0.338 e. The largest absolute Gasteiger partial charge is 0.479 e. The summed E-state index contributed by atoms with van der Waals surface area (Å²) in [5, 5.41) is 8.92. The number of halogens is 1. The van der Waals surface area contributed by atoms with Crippen molar-refractivity contribution in [3.8, 4) is 0 Å². The lowest BCUT2D eigenvalue weighted by Crippen LogP contribution is -2.13. The molecule has 1 atom stereocenters. The van der Waals surface area contributed by atoms with Crippen LogP contribution in [0, 0.1) is 6.92 Å². The SMILES string of the molecule is CCOC(C(=O)O)c1cc(Br)c(C)s1. The van der Waals surface area contributed by atoms with Crippen LogP contribution in [-0.4, -0.2) is 17.7 Å². The van der Waals surface area contributed by atoms with Crippen molar-refractivity contribution in [2.75, 3.05) is 6.61 Å². The maximum atomic E-state index is 10.9. The minimum atomic E-state index is -0.944. The predicted octanol–water partition coefficient (Wildman–Crippen LogP) is 2.98. The fourth-order valence-electron chi connectivity index (χ4n) is 1.05. The number of carboxylic acid groups (broad SMARTS) is 1. The van der Waals surface area contributed by atoms with Crippen molar-refractivity contribution in [1.29, 1.82) is 0 Å². The Morgan fingerprint density at radius 2 is 2.43 bits per heavy atom. The molecular formula is C9H11BrO3S. The average molecular weight is 279 g/mol. The zero-order valence-corrected chi connectivity index (χ0v) is 10.3. The third kappa shape index (κ3) is 2.56. The van der Waals surface area contributed by atoms with E-state index in [4.69, 9.17) is 9.84 Å².